The predicted octanol–water partition coefficient (Wildman–Crippen LogP) is 4.09. The number of carboxylic acids is 1. The number of hydrogen-bond acceptors (Lipinski definition) is 3. The van der Waals surface area contributed by atoms with Gasteiger partial charge in [0.05, 0.1) is 11.4 Å². The Morgan fingerprint density at radius 3 is 2.25 bits per heavy atom. The van der Waals surface area contributed by atoms with E-state index in [0.717, 1.165) is 16.7 Å². The molecule has 0 aliphatic rings. The molecule has 0 aliphatic heterocycles. The summed E-state index contributed by atoms with van der Waals surface area (Å²) in [6.07, 6.45) is 0. The lowest BCUT2D eigenvalue weighted by molar-refractivity contribution is -0.138. The molecule has 5 nitrogen and oxygen atoms in total. The maximum atomic E-state index is 14.6. The number of carboxylic acid groups (broad SMARTS) is 1. The summed E-state index contributed by atoms with van der Waals surface area (Å²) in [7, 11) is 0. The molecule has 3 rings (SSSR count). The van der Waals surface area contributed by atoms with E-state index >= 15 is 0 Å². The van der Waals surface area contributed by atoms with Crippen LogP contribution in [0.3, 0.4) is 0 Å². The monoisotopic (exact) mass is 395 g/mol. The number of carbonyl (C=O) groups is 2. The van der Waals surface area contributed by atoms with Gasteiger partial charge in [-0.25, -0.2) is 17.6 Å². The standard InChI is InChI=1S/C19H13F4NO4/c1-7(19(27)28)14-8(2)24(13-6-12(22)17(25)16(23)15(13)14)18(26)9-3-4-10(20)11(21)5-9/h3-7,25H,1-2H3,(H,27,28)/t7-/m1/s1. The van der Waals surface area contributed by atoms with Crippen LogP contribution in [0.4, 0.5) is 17.6 Å². The first-order valence-corrected chi connectivity index (χ1v) is 8.00. The molecule has 0 radical (unpaired) electrons. The molecule has 2 aromatic carbocycles. The van der Waals surface area contributed by atoms with Gasteiger partial charge >= 0.3 is 5.97 Å². The molecule has 2 N–H and O–H groups in total. The summed E-state index contributed by atoms with van der Waals surface area (Å²) >= 11 is 0. The summed E-state index contributed by atoms with van der Waals surface area (Å²) in [5.74, 6) is -10.2. The lowest BCUT2D eigenvalue weighted by Gasteiger charge is -2.09. The Morgan fingerprint density at radius 2 is 1.68 bits per heavy atom. The van der Waals surface area contributed by atoms with E-state index in [4.69, 9.17) is 0 Å². The number of rotatable bonds is 3. The van der Waals surface area contributed by atoms with E-state index in [9.17, 15) is 37.4 Å². The van der Waals surface area contributed by atoms with Crippen LogP contribution >= 0.6 is 0 Å². The quantitative estimate of drug-likeness (QED) is 0.655. The number of halogens is 4. The molecule has 1 aromatic heterocycles. The minimum Gasteiger partial charge on any atom is -0.503 e. The predicted molar refractivity (Wildman–Crippen MR) is 90.4 cm³/mol. The first-order valence-electron chi connectivity index (χ1n) is 8.00. The topological polar surface area (TPSA) is 79.5 Å². The molecule has 0 amide bonds. The summed E-state index contributed by atoms with van der Waals surface area (Å²) in [6, 6.07) is 3.00. The van der Waals surface area contributed by atoms with Crippen LogP contribution in [-0.4, -0.2) is 26.7 Å². The number of nitrogens with zero attached hydrogens (tertiary/aromatic N) is 1. The summed E-state index contributed by atoms with van der Waals surface area (Å²) in [6.45, 7) is 2.54. The molecule has 0 saturated carbocycles. The van der Waals surface area contributed by atoms with E-state index in [0.29, 0.717) is 12.1 Å². The van der Waals surface area contributed by atoms with Gasteiger partial charge < -0.3 is 10.2 Å². The van der Waals surface area contributed by atoms with Crippen LogP contribution < -0.4 is 0 Å². The van der Waals surface area contributed by atoms with Crippen molar-refractivity contribution in [2.24, 2.45) is 0 Å². The van der Waals surface area contributed by atoms with Crippen molar-refractivity contribution >= 4 is 22.8 Å². The van der Waals surface area contributed by atoms with Gasteiger partial charge in [-0.2, -0.15) is 0 Å². The maximum absolute atomic E-state index is 14.6. The average Bonchev–Trinajstić information content (AvgIpc) is 2.92. The Hall–Kier alpha value is -3.36. The van der Waals surface area contributed by atoms with Gasteiger partial charge in [0, 0.05) is 22.7 Å². The SMILES string of the molecule is Cc1c([C@@H](C)C(=O)O)c2c(F)c(O)c(F)cc2n1C(=O)c1ccc(F)c(F)c1. The highest BCUT2D eigenvalue weighted by Gasteiger charge is 2.30. The van der Waals surface area contributed by atoms with Gasteiger partial charge in [-0.05, 0) is 37.6 Å². The number of aliphatic carboxylic acids is 1. The van der Waals surface area contributed by atoms with Crippen LogP contribution in [0.15, 0.2) is 24.3 Å². The third-order valence-corrected chi connectivity index (χ3v) is 4.58. The first kappa shape index (κ1) is 19.4. The van der Waals surface area contributed by atoms with E-state index in [1.165, 1.54) is 13.8 Å². The zero-order valence-electron chi connectivity index (χ0n) is 14.6. The van der Waals surface area contributed by atoms with Crippen LogP contribution in [0.25, 0.3) is 10.9 Å². The molecule has 28 heavy (non-hydrogen) atoms. The fraction of sp³-hybridized carbons (Fsp3) is 0.158. The average molecular weight is 395 g/mol. The van der Waals surface area contributed by atoms with Crippen LogP contribution in [-0.2, 0) is 4.79 Å². The summed E-state index contributed by atoms with van der Waals surface area (Å²) in [4.78, 5) is 24.3. The van der Waals surface area contributed by atoms with Gasteiger partial charge in [0.2, 0.25) is 0 Å². The number of fused-ring (bicyclic) bond motifs is 1. The van der Waals surface area contributed by atoms with Crippen molar-refractivity contribution in [2.75, 3.05) is 0 Å². The lowest BCUT2D eigenvalue weighted by Crippen LogP contribution is -2.15. The molecule has 1 heterocycles. The summed E-state index contributed by atoms with van der Waals surface area (Å²) < 4.78 is 56.0. The van der Waals surface area contributed by atoms with Crippen molar-refractivity contribution < 1.29 is 37.4 Å². The molecule has 0 saturated heterocycles. The Labute approximate surface area is 155 Å². The second-order valence-corrected chi connectivity index (χ2v) is 6.24. The van der Waals surface area contributed by atoms with Crippen molar-refractivity contribution in [3.63, 3.8) is 0 Å². The molecule has 0 aliphatic carbocycles. The third-order valence-electron chi connectivity index (χ3n) is 4.58. The summed E-state index contributed by atoms with van der Waals surface area (Å²) in [5, 5.41) is 18.5. The number of aromatic hydroxyl groups is 1. The number of aromatic nitrogens is 1. The number of phenolic OH excluding ortho intramolecular Hbond substituents is 1. The smallest absolute Gasteiger partial charge is 0.310 e. The largest absolute Gasteiger partial charge is 0.503 e. The van der Waals surface area contributed by atoms with Crippen molar-refractivity contribution in [3.05, 3.63) is 64.4 Å². The Kier molecular flexibility index (Phi) is 4.62. The summed E-state index contributed by atoms with van der Waals surface area (Å²) in [5.41, 5.74) is -0.847. The molecular weight excluding hydrogens is 382 g/mol. The highest BCUT2D eigenvalue weighted by molar-refractivity contribution is 6.05. The second kappa shape index (κ2) is 6.66. The van der Waals surface area contributed by atoms with Gasteiger partial charge in [-0.3, -0.25) is 14.2 Å². The fourth-order valence-electron chi connectivity index (χ4n) is 3.18. The van der Waals surface area contributed by atoms with Crippen LogP contribution in [0.1, 0.15) is 34.5 Å². The van der Waals surface area contributed by atoms with E-state index in [-0.39, 0.29) is 22.3 Å². The normalized spacial score (nSPS) is 12.4. The molecular formula is C19H13F4NO4. The van der Waals surface area contributed by atoms with Gasteiger partial charge in [0.1, 0.15) is 0 Å². The highest BCUT2D eigenvalue weighted by atomic mass is 19.2. The molecule has 3 aromatic rings. The lowest BCUT2D eigenvalue weighted by atomic mass is 9.97. The number of carbonyl (C=O) groups excluding carboxylic acids is 1. The number of benzene rings is 2. The minimum absolute atomic E-state index is 0.0384. The van der Waals surface area contributed by atoms with Gasteiger partial charge in [-0.1, -0.05) is 0 Å². The second-order valence-electron chi connectivity index (χ2n) is 6.24. The van der Waals surface area contributed by atoms with E-state index in [1.54, 1.807) is 0 Å². The molecule has 0 fully saturated rings. The Morgan fingerprint density at radius 1 is 1.04 bits per heavy atom. The van der Waals surface area contributed by atoms with Crippen molar-refractivity contribution in [1.29, 1.82) is 0 Å². The van der Waals surface area contributed by atoms with E-state index < -0.39 is 52.2 Å². The first-order chi connectivity index (χ1) is 13.1. The fourth-order valence-corrected chi connectivity index (χ4v) is 3.18. The van der Waals surface area contributed by atoms with Crippen molar-refractivity contribution in [3.8, 4) is 5.75 Å². The maximum Gasteiger partial charge on any atom is 0.310 e. The molecule has 0 spiro atoms. The highest BCUT2D eigenvalue weighted by Crippen LogP contribution is 2.38. The molecule has 1 atom stereocenters. The number of phenols is 1. The van der Waals surface area contributed by atoms with Crippen LogP contribution in [0, 0.1) is 30.2 Å². The van der Waals surface area contributed by atoms with Crippen molar-refractivity contribution in [2.45, 2.75) is 19.8 Å². The molecule has 146 valence electrons. The zero-order chi connectivity index (χ0) is 20.9. The molecule has 0 unspecified atom stereocenters. The Balaban J connectivity index is 2.39. The van der Waals surface area contributed by atoms with E-state index in [1.807, 2.05) is 0 Å². The molecule has 0 bridgehead atoms. The minimum atomic E-state index is -1.42. The third kappa shape index (κ3) is 2.79. The van der Waals surface area contributed by atoms with Gasteiger partial charge in [0.25, 0.3) is 5.91 Å². The van der Waals surface area contributed by atoms with Gasteiger partial charge in [-0.15, -0.1) is 0 Å². The molecule has 9 heteroatoms. The zero-order valence-corrected chi connectivity index (χ0v) is 14.6. The van der Waals surface area contributed by atoms with Gasteiger partial charge in [0.15, 0.2) is 29.0 Å². The van der Waals surface area contributed by atoms with Crippen molar-refractivity contribution in [1.82, 2.24) is 4.57 Å². The Bertz CT molecular complexity index is 1150. The van der Waals surface area contributed by atoms with Crippen LogP contribution in [0.5, 0.6) is 5.75 Å². The van der Waals surface area contributed by atoms with Crippen LogP contribution in [0.2, 0.25) is 0 Å². The number of hydrogen-bond donors (Lipinski definition) is 2. The van der Waals surface area contributed by atoms with E-state index in [2.05, 4.69) is 0 Å².